The molecule has 0 spiro atoms. The van der Waals surface area contributed by atoms with Crippen molar-refractivity contribution in [2.24, 2.45) is 17.8 Å². The van der Waals surface area contributed by atoms with Crippen LogP contribution < -0.4 is 15.4 Å². The Balaban J connectivity index is 1.32. The second-order valence-electron chi connectivity index (χ2n) is 8.07. The predicted molar refractivity (Wildman–Crippen MR) is 101 cm³/mol. The number of anilines is 2. The topological polar surface area (TPSA) is 48.6 Å². The van der Waals surface area contributed by atoms with E-state index in [0.717, 1.165) is 62.0 Å². The van der Waals surface area contributed by atoms with Crippen molar-refractivity contribution in [3.63, 3.8) is 0 Å². The molecule has 2 aromatic rings. The largest absolute Gasteiger partial charge is 0.378 e. The number of rotatable bonds is 4. The molecule has 0 radical (unpaired) electrons. The van der Waals surface area contributed by atoms with E-state index < -0.39 is 0 Å². The summed E-state index contributed by atoms with van der Waals surface area (Å²) < 4.78 is 5.45. The lowest BCUT2D eigenvalue weighted by Crippen LogP contribution is -2.38. The minimum Gasteiger partial charge on any atom is -0.378 e. The van der Waals surface area contributed by atoms with Crippen LogP contribution in [-0.4, -0.2) is 43.4 Å². The Morgan fingerprint density at radius 1 is 1.04 bits per heavy atom. The van der Waals surface area contributed by atoms with E-state index in [2.05, 4.69) is 51.2 Å². The highest BCUT2D eigenvalue weighted by molar-refractivity contribution is 5.62. The van der Waals surface area contributed by atoms with Gasteiger partial charge in [-0.3, -0.25) is 4.79 Å². The summed E-state index contributed by atoms with van der Waals surface area (Å²) in [5.74, 6) is 3.59. The fourth-order valence-electron chi connectivity index (χ4n) is 5.41. The lowest BCUT2D eigenvalue weighted by molar-refractivity contribution is 0.122. The fraction of sp³-hybridized carbons (Fsp3) is 0.476. The number of hydrogen-bond donors (Lipinski definition) is 1. The van der Waals surface area contributed by atoms with E-state index in [1.54, 1.807) is 6.07 Å². The number of aromatic nitrogens is 1. The third-order valence-corrected chi connectivity index (χ3v) is 6.72. The summed E-state index contributed by atoms with van der Waals surface area (Å²) in [7, 11) is 0. The molecular formula is C21H23N3O2. The van der Waals surface area contributed by atoms with Crippen molar-refractivity contribution in [2.45, 2.75) is 18.5 Å². The van der Waals surface area contributed by atoms with Crippen LogP contribution in [-0.2, 0) is 11.2 Å². The maximum atomic E-state index is 12.4. The average molecular weight is 349 g/mol. The molecule has 5 nitrogen and oxygen atoms in total. The zero-order valence-electron chi connectivity index (χ0n) is 14.7. The first kappa shape index (κ1) is 14.9. The molecule has 2 aliphatic carbocycles. The molecule has 134 valence electrons. The van der Waals surface area contributed by atoms with Gasteiger partial charge in [-0.15, -0.1) is 0 Å². The van der Waals surface area contributed by atoms with Crippen LogP contribution in [0.25, 0.3) is 0 Å². The van der Waals surface area contributed by atoms with Gasteiger partial charge in [0.2, 0.25) is 0 Å². The maximum Gasteiger partial charge on any atom is 0.251 e. The molecule has 3 aliphatic heterocycles. The predicted octanol–water partition coefficient (Wildman–Crippen LogP) is 1.89. The normalized spacial score (nSPS) is 33.9. The number of ether oxygens (including phenoxy) is 1. The van der Waals surface area contributed by atoms with Crippen molar-refractivity contribution in [3.8, 4) is 0 Å². The highest BCUT2D eigenvalue weighted by Crippen LogP contribution is 2.78. The lowest BCUT2D eigenvalue weighted by Gasteiger charge is -2.31. The van der Waals surface area contributed by atoms with Gasteiger partial charge >= 0.3 is 0 Å². The van der Waals surface area contributed by atoms with Gasteiger partial charge < -0.3 is 19.5 Å². The molecule has 26 heavy (non-hydrogen) atoms. The summed E-state index contributed by atoms with van der Waals surface area (Å²) in [5, 5.41) is 0. The van der Waals surface area contributed by atoms with Crippen LogP contribution in [0, 0.1) is 17.8 Å². The number of benzene rings is 1. The van der Waals surface area contributed by atoms with Crippen LogP contribution in [0.3, 0.4) is 0 Å². The summed E-state index contributed by atoms with van der Waals surface area (Å²) >= 11 is 0. The van der Waals surface area contributed by atoms with Crippen molar-refractivity contribution in [1.29, 1.82) is 0 Å². The van der Waals surface area contributed by atoms with Crippen molar-refractivity contribution in [3.05, 3.63) is 58.4 Å². The van der Waals surface area contributed by atoms with E-state index in [9.17, 15) is 4.79 Å². The van der Waals surface area contributed by atoms with Crippen molar-refractivity contribution in [1.82, 2.24) is 4.98 Å². The highest BCUT2D eigenvalue weighted by Gasteiger charge is 2.84. The van der Waals surface area contributed by atoms with Gasteiger partial charge in [-0.05, 0) is 29.7 Å². The van der Waals surface area contributed by atoms with E-state index in [4.69, 9.17) is 4.74 Å². The molecule has 1 aromatic heterocycles. The third kappa shape index (κ3) is 2.16. The summed E-state index contributed by atoms with van der Waals surface area (Å²) in [6.45, 7) is 3.18. The van der Waals surface area contributed by atoms with Crippen molar-refractivity contribution < 1.29 is 4.74 Å². The number of piperidine rings is 1. The molecule has 7 rings (SSSR count). The van der Waals surface area contributed by atoms with Crippen LogP contribution in [0.2, 0.25) is 0 Å². The minimum atomic E-state index is 0.00144. The zero-order chi connectivity index (χ0) is 17.3. The summed E-state index contributed by atoms with van der Waals surface area (Å²) in [4.78, 5) is 20.3. The van der Waals surface area contributed by atoms with Crippen LogP contribution >= 0.6 is 0 Å². The second kappa shape index (κ2) is 5.36. The molecule has 0 amide bonds. The average Bonchev–Trinajstić information content (AvgIpc) is 3.52. The molecular weight excluding hydrogens is 326 g/mol. The minimum absolute atomic E-state index is 0.00144. The fourth-order valence-corrected chi connectivity index (χ4v) is 5.41. The van der Waals surface area contributed by atoms with Crippen molar-refractivity contribution >= 4 is 11.5 Å². The summed E-state index contributed by atoms with van der Waals surface area (Å²) in [6, 6.07) is 15.8. The number of nitrogens with zero attached hydrogens (tertiary/aromatic N) is 2. The number of nitrogens with one attached hydrogen (secondary N) is 1. The molecule has 5 atom stereocenters. The van der Waals surface area contributed by atoms with E-state index >= 15 is 0 Å². The molecule has 1 N–H and O–H groups in total. The van der Waals surface area contributed by atoms with Gasteiger partial charge in [0.05, 0.1) is 13.2 Å². The van der Waals surface area contributed by atoms with Crippen LogP contribution in [0.1, 0.15) is 5.56 Å². The van der Waals surface area contributed by atoms with Gasteiger partial charge in [-0.1, -0.05) is 30.3 Å². The molecule has 4 heterocycles. The molecule has 5 heteroatoms. The zero-order valence-corrected chi connectivity index (χ0v) is 14.7. The van der Waals surface area contributed by atoms with Gasteiger partial charge in [-0.25, -0.2) is 0 Å². The van der Waals surface area contributed by atoms with Crippen LogP contribution in [0.4, 0.5) is 11.5 Å². The van der Waals surface area contributed by atoms with Gasteiger partial charge in [0.1, 0.15) is 5.82 Å². The standard InChI is InChI=1S/C21H23N3O2/c25-17-12-14(23-6-8-26-9-7-23)11-16(22-17)24-15(18-19-20(18)21(19)24)10-13-4-2-1-3-5-13/h1-5,11-12,15,18-21H,6-10H2,(H,22,25)/t15-,18?,19-,20?,21?/m1/s1. The van der Waals surface area contributed by atoms with Crippen LogP contribution in [0.15, 0.2) is 47.3 Å². The molecule has 3 saturated heterocycles. The molecule has 3 unspecified atom stereocenters. The Kier molecular flexibility index (Phi) is 3.06. The van der Waals surface area contributed by atoms with E-state index in [0.29, 0.717) is 12.1 Å². The highest BCUT2D eigenvalue weighted by atomic mass is 16.5. The number of hydrogen-bond acceptors (Lipinski definition) is 4. The Bertz CT molecular complexity index is 880. The number of fused-ring (bicyclic) bond motifs is 1. The number of pyridine rings is 1. The first-order valence-corrected chi connectivity index (χ1v) is 9.70. The van der Waals surface area contributed by atoms with E-state index in [1.807, 2.05) is 0 Å². The first-order valence-electron chi connectivity index (χ1n) is 9.70. The molecule has 2 bridgehead atoms. The molecule has 5 fully saturated rings. The van der Waals surface area contributed by atoms with Crippen molar-refractivity contribution in [2.75, 3.05) is 36.1 Å². The molecule has 5 aliphatic rings. The van der Waals surface area contributed by atoms with Gasteiger partial charge in [0.25, 0.3) is 5.56 Å². The second-order valence-corrected chi connectivity index (χ2v) is 8.07. The van der Waals surface area contributed by atoms with E-state index in [1.165, 1.54) is 5.56 Å². The molecule has 1 aromatic carbocycles. The quantitative estimate of drug-likeness (QED) is 0.916. The summed E-state index contributed by atoms with van der Waals surface area (Å²) in [6.07, 6.45) is 1.07. The Morgan fingerprint density at radius 3 is 2.58 bits per heavy atom. The van der Waals surface area contributed by atoms with Gasteiger partial charge in [0, 0.05) is 43.0 Å². The van der Waals surface area contributed by atoms with Gasteiger partial charge in [0.15, 0.2) is 0 Å². The number of morpholine rings is 1. The number of aromatic amines is 1. The molecule has 2 saturated carbocycles. The first-order chi connectivity index (χ1) is 12.8. The Labute approximate surface area is 152 Å². The Morgan fingerprint density at radius 2 is 1.81 bits per heavy atom. The number of H-pyrrole nitrogens is 1. The smallest absolute Gasteiger partial charge is 0.251 e. The van der Waals surface area contributed by atoms with Crippen LogP contribution in [0.5, 0.6) is 0 Å². The third-order valence-electron chi connectivity index (χ3n) is 6.72. The van der Waals surface area contributed by atoms with Gasteiger partial charge in [-0.2, -0.15) is 0 Å². The Hall–Kier alpha value is -2.27. The van der Waals surface area contributed by atoms with E-state index in [-0.39, 0.29) is 5.56 Å². The monoisotopic (exact) mass is 349 g/mol. The summed E-state index contributed by atoms with van der Waals surface area (Å²) in [5.41, 5.74) is 2.42. The lowest BCUT2D eigenvalue weighted by atomic mass is 10.0. The maximum absolute atomic E-state index is 12.4. The SMILES string of the molecule is O=c1cc(N2CCOCC2)cc(N2C3C4C([C@H]43)[C@H]2Cc2ccccc2)[nH]1.